The van der Waals surface area contributed by atoms with E-state index in [-0.39, 0.29) is 9.86 Å². The summed E-state index contributed by atoms with van der Waals surface area (Å²) in [5, 5.41) is -0.00902. The summed E-state index contributed by atoms with van der Waals surface area (Å²) < 4.78 is -0.00902. The molecule has 23 heavy (non-hydrogen) atoms. The monoisotopic (exact) mass is 335 g/mol. The fourth-order valence-electron chi connectivity index (χ4n) is 2.63. The van der Waals surface area contributed by atoms with Crippen molar-refractivity contribution in [2.45, 2.75) is 0 Å². The Hall–Kier alpha value is -2.43. The predicted molar refractivity (Wildman–Crippen MR) is 98.9 cm³/mol. The number of thiophene rings is 1. The molecule has 0 spiro atoms. The van der Waals surface area contributed by atoms with Crippen LogP contribution in [-0.4, -0.2) is 9.98 Å². The molecule has 110 valence electrons. The van der Waals surface area contributed by atoms with E-state index in [1.165, 1.54) is 22.7 Å². The quantitative estimate of drug-likeness (QED) is 0.454. The predicted octanol–water partition coefficient (Wildman–Crippen LogP) is 3.44. The van der Waals surface area contributed by atoms with Gasteiger partial charge in [0.15, 0.2) is 0 Å². The number of rotatable bonds is 1. The zero-order chi connectivity index (χ0) is 15.8. The van der Waals surface area contributed by atoms with Gasteiger partial charge in [-0.05, 0) is 18.2 Å². The fraction of sp³-hybridized carbons (Fsp3) is 0. The van der Waals surface area contributed by atoms with Crippen LogP contribution in [0.2, 0.25) is 0 Å². The van der Waals surface area contributed by atoms with Crippen molar-refractivity contribution in [1.82, 2.24) is 0 Å². The minimum atomic E-state index is -0.00902. The second-order valence-corrected chi connectivity index (χ2v) is 7.16. The molecule has 0 aromatic carbocycles. The van der Waals surface area contributed by atoms with E-state index >= 15 is 0 Å². The molecule has 0 saturated carbocycles. The fourth-order valence-corrected chi connectivity index (χ4v) is 4.46. The number of carbonyl (C=O) groups is 1. The van der Waals surface area contributed by atoms with Gasteiger partial charge < -0.3 is 0 Å². The summed E-state index contributed by atoms with van der Waals surface area (Å²) in [4.78, 5) is 26.6. The van der Waals surface area contributed by atoms with Gasteiger partial charge >= 0.3 is 5.12 Å². The molecule has 0 fully saturated rings. The van der Waals surface area contributed by atoms with Crippen LogP contribution in [-0.2, 0) is 16.1 Å². The third kappa shape index (κ3) is 2.46. The van der Waals surface area contributed by atoms with Gasteiger partial charge in [0.2, 0.25) is 9.61 Å². The highest BCUT2D eigenvalue weighted by Crippen LogP contribution is 2.31. The molecule has 2 nitrogen and oxygen atoms in total. The molecule has 2 heterocycles. The maximum atomic E-state index is 12.4. The molecule has 2 aliphatic heterocycles. The Bertz CT molecular complexity index is 1000. The minimum absolute atomic E-state index is 0.00902. The first kappa shape index (κ1) is 14.2. The van der Waals surface area contributed by atoms with Crippen LogP contribution in [0.15, 0.2) is 76.7 Å². The maximum absolute atomic E-state index is 12.4. The van der Waals surface area contributed by atoms with E-state index in [9.17, 15) is 9.59 Å². The molecule has 0 saturated heterocycles. The molecule has 0 radical (unpaired) electrons. The zero-order valence-electron chi connectivity index (χ0n) is 12.0. The summed E-state index contributed by atoms with van der Waals surface area (Å²) in [5.41, 5.74) is 2.99. The topological polar surface area (TPSA) is 34.1 Å². The highest BCUT2D eigenvalue weighted by atomic mass is 32.1. The zero-order valence-corrected chi connectivity index (χ0v) is 13.6. The van der Waals surface area contributed by atoms with Crippen LogP contribution in [0.1, 0.15) is 5.56 Å². The highest BCUT2D eigenvalue weighted by Gasteiger charge is 2.38. The van der Waals surface area contributed by atoms with Crippen molar-refractivity contribution in [2.24, 2.45) is 0 Å². The van der Waals surface area contributed by atoms with Crippen molar-refractivity contribution in [1.29, 1.82) is 0 Å². The Kier molecular flexibility index (Phi) is 3.48. The van der Waals surface area contributed by atoms with Gasteiger partial charge in [0, 0.05) is 22.1 Å². The summed E-state index contributed by atoms with van der Waals surface area (Å²) in [7, 11) is 0. The number of fused-ring (bicyclic) bond motifs is 2. The van der Waals surface area contributed by atoms with Crippen molar-refractivity contribution in [3.63, 3.8) is 0 Å². The molecule has 4 aliphatic rings. The van der Waals surface area contributed by atoms with Crippen LogP contribution >= 0.6 is 11.3 Å². The van der Waals surface area contributed by atoms with E-state index in [0.717, 1.165) is 20.9 Å². The molecule has 0 bridgehead atoms. The van der Waals surface area contributed by atoms with Crippen LogP contribution in [0.4, 0.5) is 0 Å². The molecule has 0 aromatic rings. The molecular weight excluding hydrogens is 324 g/mol. The second-order valence-electron chi connectivity index (χ2n) is 5.13. The number of carbonyl (C=O) groups excluding carboxylic acids is 1. The lowest BCUT2D eigenvalue weighted by Crippen LogP contribution is -2.00. The SMILES string of the molecule is O=C1[S+]=C2C=CC=CC=C2/C1=C/c1c2cccccc-2sc1=O. The average molecular weight is 335 g/mol. The normalized spacial score (nSPS) is 18.1. The van der Waals surface area contributed by atoms with Crippen molar-refractivity contribution < 1.29 is 4.79 Å². The van der Waals surface area contributed by atoms with Crippen LogP contribution in [0.3, 0.4) is 0 Å². The first-order valence-corrected chi connectivity index (χ1v) is 8.76. The van der Waals surface area contributed by atoms with Crippen molar-refractivity contribution in [2.75, 3.05) is 0 Å². The number of allylic oxidation sites excluding steroid dienone is 6. The average Bonchev–Trinajstić information content (AvgIpc) is 2.81. The van der Waals surface area contributed by atoms with Crippen LogP contribution < -0.4 is 4.74 Å². The van der Waals surface area contributed by atoms with Gasteiger partial charge in [-0.2, -0.15) is 0 Å². The summed E-state index contributed by atoms with van der Waals surface area (Å²) in [6.07, 6.45) is 11.4. The largest absolute Gasteiger partial charge is 0.436 e. The maximum Gasteiger partial charge on any atom is 0.436 e. The van der Waals surface area contributed by atoms with E-state index in [0.29, 0.717) is 11.1 Å². The van der Waals surface area contributed by atoms with Crippen LogP contribution in [0, 0.1) is 0 Å². The Morgan fingerprint density at radius 2 is 1.87 bits per heavy atom. The molecule has 0 N–H and O–H groups in total. The lowest BCUT2D eigenvalue weighted by atomic mass is 10.00. The van der Waals surface area contributed by atoms with Crippen molar-refractivity contribution in [3.05, 3.63) is 87.0 Å². The lowest BCUT2D eigenvalue weighted by molar-refractivity contribution is -0.107. The third-order valence-electron chi connectivity index (χ3n) is 3.71. The van der Waals surface area contributed by atoms with Gasteiger partial charge in [-0.3, -0.25) is 4.79 Å². The number of hydrogen-bond donors (Lipinski definition) is 0. The van der Waals surface area contributed by atoms with Gasteiger partial charge in [-0.25, -0.2) is 4.79 Å². The highest BCUT2D eigenvalue weighted by molar-refractivity contribution is 7.96. The van der Waals surface area contributed by atoms with Gasteiger partial charge in [-0.15, -0.1) is 0 Å². The first-order valence-electron chi connectivity index (χ1n) is 7.12. The molecule has 0 aromatic heterocycles. The second kappa shape index (κ2) is 5.65. The number of hydrogen-bond acceptors (Lipinski definition) is 3. The Labute approximate surface area is 141 Å². The molecule has 4 heteroatoms. The summed E-state index contributed by atoms with van der Waals surface area (Å²) in [5.74, 6) is 0. The van der Waals surface area contributed by atoms with Crippen LogP contribution in [0.5, 0.6) is 0 Å². The molecular formula is C19H11O2S2+. The van der Waals surface area contributed by atoms with E-state index < -0.39 is 0 Å². The molecule has 2 aliphatic carbocycles. The summed E-state index contributed by atoms with van der Waals surface area (Å²) in [6.45, 7) is 0. The van der Waals surface area contributed by atoms with Crippen molar-refractivity contribution >= 4 is 38.7 Å². The Balaban J connectivity index is 1.90. The van der Waals surface area contributed by atoms with Gasteiger partial charge in [-0.1, -0.05) is 53.8 Å². The molecule has 0 atom stereocenters. The lowest BCUT2D eigenvalue weighted by Gasteiger charge is -1.96. The van der Waals surface area contributed by atoms with Crippen LogP contribution in [0.25, 0.3) is 16.5 Å². The minimum Gasteiger partial charge on any atom is -0.277 e. The van der Waals surface area contributed by atoms with E-state index in [4.69, 9.17) is 0 Å². The smallest absolute Gasteiger partial charge is 0.277 e. The van der Waals surface area contributed by atoms with Crippen molar-refractivity contribution in [3.8, 4) is 10.4 Å². The van der Waals surface area contributed by atoms with E-state index in [1.54, 1.807) is 6.08 Å². The Morgan fingerprint density at radius 1 is 1.00 bits per heavy atom. The molecule has 0 amide bonds. The first-order chi connectivity index (χ1) is 11.2. The summed E-state index contributed by atoms with van der Waals surface area (Å²) >= 11 is 2.44. The molecule has 0 unspecified atom stereocenters. The standard InChI is InChI=1S/C19H11O2S2/c20-18-14(12-7-3-1-5-9-16(12)22-18)11-15-13-8-4-2-6-10-17(13)23-19(15)21/h1-11H/q+1. The molecule has 4 rings (SSSR count). The van der Waals surface area contributed by atoms with Gasteiger partial charge in [0.05, 0.1) is 11.1 Å². The van der Waals surface area contributed by atoms with Gasteiger partial charge in [0.25, 0.3) is 11.4 Å². The van der Waals surface area contributed by atoms with E-state index in [1.807, 2.05) is 60.7 Å². The Morgan fingerprint density at radius 3 is 2.78 bits per heavy atom. The van der Waals surface area contributed by atoms with Gasteiger partial charge in [0.1, 0.15) is 0 Å². The third-order valence-corrected chi connectivity index (χ3v) is 5.67. The summed E-state index contributed by atoms with van der Waals surface area (Å²) in [6, 6.07) is 9.62. The van der Waals surface area contributed by atoms with E-state index in [2.05, 4.69) is 0 Å².